The molecule has 200 valence electrons. The second kappa shape index (κ2) is 12.0. The first-order valence-electron chi connectivity index (χ1n) is 12.6. The highest BCUT2D eigenvalue weighted by Gasteiger charge is 2.24. The molecule has 37 heavy (non-hydrogen) atoms. The van der Waals surface area contributed by atoms with E-state index in [0.717, 1.165) is 54.3 Å². The average molecular weight is 546 g/mol. The van der Waals surface area contributed by atoms with Crippen molar-refractivity contribution in [2.24, 2.45) is 0 Å². The number of benzene rings is 2. The van der Waals surface area contributed by atoms with E-state index in [-0.39, 0.29) is 17.1 Å². The van der Waals surface area contributed by atoms with Crippen LogP contribution in [0.3, 0.4) is 0 Å². The van der Waals surface area contributed by atoms with Gasteiger partial charge >= 0.3 is 0 Å². The maximum atomic E-state index is 12.7. The first-order valence-corrected chi connectivity index (χ1v) is 14.1. The first kappa shape index (κ1) is 27.6. The maximum absolute atomic E-state index is 12.7. The zero-order valence-electron chi connectivity index (χ0n) is 22.1. The summed E-state index contributed by atoms with van der Waals surface area (Å²) in [6, 6.07) is 15.4. The molecule has 0 saturated carbocycles. The summed E-state index contributed by atoms with van der Waals surface area (Å²) >= 11 is 6.63. The molecule has 4 rings (SSSR count). The van der Waals surface area contributed by atoms with Crippen molar-refractivity contribution < 1.29 is 18.4 Å². The van der Waals surface area contributed by atoms with E-state index in [4.69, 9.17) is 30.9 Å². The van der Waals surface area contributed by atoms with Crippen molar-refractivity contribution in [3.05, 3.63) is 70.5 Å². The quantitative estimate of drug-likeness (QED) is 0.349. The molecule has 3 atom stereocenters. The maximum Gasteiger partial charge on any atom is 0.199 e. The Bertz CT molecular complexity index is 1220. The monoisotopic (exact) mass is 545 g/mol. The van der Waals surface area contributed by atoms with Crippen molar-refractivity contribution in [1.29, 1.82) is 0 Å². The molecule has 1 unspecified atom stereocenters. The highest BCUT2D eigenvalue weighted by Crippen LogP contribution is 2.29. The fraction of sp³-hybridized carbons (Fsp3) is 0.464. The lowest BCUT2D eigenvalue weighted by Crippen LogP contribution is -2.35. The summed E-state index contributed by atoms with van der Waals surface area (Å²) in [5, 5.41) is 5.41. The van der Waals surface area contributed by atoms with E-state index in [0.29, 0.717) is 17.2 Å². The molecule has 7 nitrogen and oxygen atoms in total. The molecule has 0 aliphatic carbocycles. The van der Waals surface area contributed by atoms with Crippen molar-refractivity contribution in [2.75, 3.05) is 13.7 Å². The number of halogens is 1. The number of hydrogen-bond acceptors (Lipinski definition) is 5. The van der Waals surface area contributed by atoms with Crippen LogP contribution in [0, 0.1) is 0 Å². The van der Waals surface area contributed by atoms with E-state index in [1.54, 1.807) is 13.2 Å². The van der Waals surface area contributed by atoms with Crippen LogP contribution in [0.1, 0.15) is 70.0 Å². The third-order valence-corrected chi connectivity index (χ3v) is 8.17. The molecule has 9 heteroatoms. The van der Waals surface area contributed by atoms with Crippen LogP contribution in [0.25, 0.3) is 5.69 Å². The molecule has 0 spiro atoms. The number of aromatic nitrogens is 2. The van der Waals surface area contributed by atoms with Crippen molar-refractivity contribution >= 4 is 22.6 Å². The van der Waals surface area contributed by atoms with Crippen molar-refractivity contribution in [3.63, 3.8) is 0 Å². The third-order valence-electron chi connectivity index (χ3n) is 6.18. The molecule has 2 heterocycles. The summed E-state index contributed by atoms with van der Waals surface area (Å²) in [6.07, 6.45) is 3.59. The Kier molecular flexibility index (Phi) is 8.95. The van der Waals surface area contributed by atoms with Gasteiger partial charge in [0, 0.05) is 24.6 Å². The second-order valence-electron chi connectivity index (χ2n) is 10.2. The van der Waals surface area contributed by atoms with Crippen LogP contribution < -0.4 is 14.2 Å². The normalized spacial score (nSPS) is 17.8. The van der Waals surface area contributed by atoms with Gasteiger partial charge < -0.3 is 14.2 Å². The van der Waals surface area contributed by atoms with E-state index in [1.165, 1.54) is 0 Å². The minimum atomic E-state index is -1.23. The minimum Gasteiger partial charge on any atom is -0.497 e. The van der Waals surface area contributed by atoms with Crippen molar-refractivity contribution in [3.8, 4) is 17.2 Å². The van der Waals surface area contributed by atoms with E-state index in [9.17, 15) is 4.21 Å². The smallest absolute Gasteiger partial charge is 0.199 e. The molecule has 3 aromatic rings. The Morgan fingerprint density at radius 2 is 1.89 bits per heavy atom. The molecule has 1 fully saturated rings. The Hall–Kier alpha value is -2.39. The Balaban J connectivity index is 1.60. The topological polar surface area (TPSA) is 74.6 Å². The van der Waals surface area contributed by atoms with E-state index in [2.05, 4.69) is 16.9 Å². The lowest BCUT2D eigenvalue weighted by molar-refractivity contribution is -0.105. The molecular weight excluding hydrogens is 510 g/mol. The number of methoxy groups -OCH3 is 1. The molecule has 2 aromatic carbocycles. The van der Waals surface area contributed by atoms with Gasteiger partial charge in [0.15, 0.2) is 6.29 Å². The zero-order valence-corrected chi connectivity index (χ0v) is 23.7. The average Bonchev–Trinajstić information content (AvgIpc) is 3.28. The number of nitrogens with one attached hydrogen (secondary N) is 1. The SMILES string of the molecule is COc1ccc(-n2nc([C@@H](C)N[S@@](=O)C(C)(C)C)cc2Cc2ccc(OC3CCCCO3)cc2)c(Cl)c1. The van der Waals surface area contributed by atoms with Crippen LogP contribution in [0.15, 0.2) is 48.5 Å². The summed E-state index contributed by atoms with van der Waals surface area (Å²) in [5.41, 5.74) is 3.60. The van der Waals surface area contributed by atoms with E-state index >= 15 is 0 Å². The van der Waals surface area contributed by atoms with Gasteiger partial charge in [0.1, 0.15) is 11.5 Å². The molecule has 0 bridgehead atoms. The fourth-order valence-electron chi connectivity index (χ4n) is 4.02. The summed E-state index contributed by atoms with van der Waals surface area (Å²) in [4.78, 5) is 0. The van der Waals surface area contributed by atoms with Gasteiger partial charge in [-0.3, -0.25) is 0 Å². The lowest BCUT2D eigenvalue weighted by Gasteiger charge is -2.23. The minimum absolute atomic E-state index is 0.173. The van der Waals surface area contributed by atoms with Crippen LogP contribution >= 0.6 is 11.6 Å². The molecule has 1 aliphatic heterocycles. The number of nitrogens with zero attached hydrogens (tertiary/aromatic N) is 2. The largest absolute Gasteiger partial charge is 0.497 e. The van der Waals surface area contributed by atoms with E-state index in [1.807, 2.05) is 62.7 Å². The van der Waals surface area contributed by atoms with Gasteiger partial charge in [0.25, 0.3) is 0 Å². The first-order chi connectivity index (χ1) is 17.6. The summed E-state index contributed by atoms with van der Waals surface area (Å²) in [6.45, 7) is 8.54. The number of rotatable bonds is 9. The Morgan fingerprint density at radius 1 is 1.16 bits per heavy atom. The number of hydrogen-bond donors (Lipinski definition) is 1. The van der Waals surface area contributed by atoms with Gasteiger partial charge in [-0.2, -0.15) is 5.10 Å². The zero-order chi connectivity index (χ0) is 26.6. The summed E-state index contributed by atoms with van der Waals surface area (Å²) < 4.78 is 34.4. The second-order valence-corrected chi connectivity index (χ2v) is 12.7. The van der Waals surface area contributed by atoms with Crippen LogP contribution in [0.4, 0.5) is 0 Å². The fourth-order valence-corrected chi connectivity index (χ4v) is 5.07. The molecule has 0 amide bonds. The van der Waals surface area contributed by atoms with Crippen LogP contribution in [-0.4, -0.2) is 38.7 Å². The Labute approximate surface area is 227 Å². The standard InChI is InChI=1S/C28H36ClN3O4S/c1-19(31-37(33)28(2,3)4)25-17-21(32(30-25)26-14-13-23(34-5)18-24(26)29)16-20-9-11-22(12-10-20)36-27-8-6-7-15-35-27/h9-14,17-19,27,31H,6-8,15-16H2,1-5H3/t19-,27?,37+/m1/s1. The van der Waals surface area contributed by atoms with Crippen molar-refractivity contribution in [2.45, 2.75) is 70.5 Å². The van der Waals surface area contributed by atoms with Crippen LogP contribution in [-0.2, 0) is 22.1 Å². The molecule has 1 N–H and O–H groups in total. The van der Waals surface area contributed by atoms with Gasteiger partial charge in [-0.1, -0.05) is 23.7 Å². The van der Waals surface area contributed by atoms with Gasteiger partial charge in [0.05, 0.1) is 51.9 Å². The van der Waals surface area contributed by atoms with Gasteiger partial charge in [-0.15, -0.1) is 0 Å². The molecule has 1 saturated heterocycles. The summed E-state index contributed by atoms with van der Waals surface area (Å²) in [7, 11) is 0.382. The van der Waals surface area contributed by atoms with Crippen LogP contribution in [0.5, 0.6) is 11.5 Å². The highest BCUT2D eigenvalue weighted by atomic mass is 35.5. The predicted octanol–water partition coefficient (Wildman–Crippen LogP) is 6.14. The molecule has 1 aromatic heterocycles. The van der Waals surface area contributed by atoms with Crippen molar-refractivity contribution in [1.82, 2.24) is 14.5 Å². The lowest BCUT2D eigenvalue weighted by atomic mass is 10.1. The number of ether oxygens (including phenoxy) is 3. The van der Waals surface area contributed by atoms with Gasteiger partial charge in [0.2, 0.25) is 0 Å². The van der Waals surface area contributed by atoms with Gasteiger partial charge in [-0.25, -0.2) is 13.6 Å². The predicted molar refractivity (Wildman–Crippen MR) is 148 cm³/mol. The van der Waals surface area contributed by atoms with Crippen LogP contribution in [0.2, 0.25) is 5.02 Å². The van der Waals surface area contributed by atoms with Gasteiger partial charge in [-0.05, 0) is 76.4 Å². The Morgan fingerprint density at radius 3 is 2.51 bits per heavy atom. The summed E-state index contributed by atoms with van der Waals surface area (Å²) in [5.74, 6) is 1.47. The highest BCUT2D eigenvalue weighted by molar-refractivity contribution is 7.84. The van der Waals surface area contributed by atoms with E-state index < -0.39 is 11.0 Å². The molecule has 0 radical (unpaired) electrons. The molecular formula is C28H36ClN3O4S. The third kappa shape index (κ3) is 7.13. The molecule has 1 aliphatic rings.